The van der Waals surface area contributed by atoms with Crippen molar-refractivity contribution in [3.63, 3.8) is 0 Å². The van der Waals surface area contributed by atoms with Gasteiger partial charge in [0.2, 0.25) is 5.91 Å². The van der Waals surface area contributed by atoms with Gasteiger partial charge in [0.05, 0.1) is 6.54 Å². The summed E-state index contributed by atoms with van der Waals surface area (Å²) in [6.45, 7) is 9.47. The van der Waals surface area contributed by atoms with Crippen LogP contribution >= 0.6 is 0 Å². The summed E-state index contributed by atoms with van der Waals surface area (Å²) < 4.78 is 0. The molecule has 0 aliphatic heterocycles. The molecule has 0 aliphatic carbocycles. The van der Waals surface area contributed by atoms with E-state index in [1.54, 1.807) is 13.8 Å². The molecule has 0 aliphatic rings. The van der Waals surface area contributed by atoms with Crippen LogP contribution in [0.2, 0.25) is 0 Å². The minimum Gasteiger partial charge on any atom is -0.350 e. The third-order valence-corrected chi connectivity index (χ3v) is 2.86. The van der Waals surface area contributed by atoms with Crippen LogP contribution in [0.3, 0.4) is 0 Å². The van der Waals surface area contributed by atoms with Crippen molar-refractivity contribution >= 4 is 5.91 Å². The Labute approximate surface area is 115 Å². The first kappa shape index (κ1) is 15.7. The van der Waals surface area contributed by atoms with E-state index in [0.717, 1.165) is 10.6 Å². The van der Waals surface area contributed by atoms with Crippen molar-refractivity contribution in [1.82, 2.24) is 10.4 Å². The first-order valence-electron chi connectivity index (χ1n) is 6.46. The lowest BCUT2D eigenvalue weighted by Crippen LogP contribution is -2.57. The molecule has 0 spiro atoms. The molecular weight excluding hydrogens is 240 g/mol. The van der Waals surface area contributed by atoms with Gasteiger partial charge in [0, 0.05) is 5.54 Å². The summed E-state index contributed by atoms with van der Waals surface area (Å²) in [6, 6.07) is 9.57. The van der Waals surface area contributed by atoms with Gasteiger partial charge in [-0.3, -0.25) is 4.79 Å². The zero-order chi connectivity index (χ0) is 14.7. The van der Waals surface area contributed by atoms with Gasteiger partial charge in [-0.2, -0.15) is 5.06 Å². The Bertz CT molecular complexity index is 422. The van der Waals surface area contributed by atoms with Crippen molar-refractivity contribution in [3.05, 3.63) is 35.9 Å². The molecule has 0 heterocycles. The van der Waals surface area contributed by atoms with Crippen molar-refractivity contribution in [1.29, 1.82) is 0 Å². The molecule has 0 radical (unpaired) electrons. The second-order valence-electron chi connectivity index (χ2n) is 6.31. The van der Waals surface area contributed by atoms with E-state index < -0.39 is 5.54 Å². The Hall–Kier alpha value is -1.39. The molecule has 0 saturated carbocycles. The molecular formula is C15H24N2O2. The molecule has 19 heavy (non-hydrogen) atoms. The van der Waals surface area contributed by atoms with Crippen LogP contribution in [-0.4, -0.2) is 27.3 Å². The second kappa shape index (κ2) is 5.72. The quantitative estimate of drug-likeness (QED) is 0.822. The molecule has 1 amide bonds. The topological polar surface area (TPSA) is 52.6 Å². The first-order chi connectivity index (χ1) is 8.63. The van der Waals surface area contributed by atoms with Crippen LogP contribution in [0.25, 0.3) is 0 Å². The molecule has 0 saturated heterocycles. The van der Waals surface area contributed by atoms with E-state index in [0.29, 0.717) is 6.54 Å². The number of amides is 1. The van der Waals surface area contributed by atoms with Gasteiger partial charge in [-0.05, 0) is 40.2 Å². The normalized spacial score (nSPS) is 12.6. The molecule has 4 heteroatoms. The van der Waals surface area contributed by atoms with Crippen LogP contribution in [-0.2, 0) is 11.3 Å². The highest BCUT2D eigenvalue weighted by atomic mass is 16.5. The Kier molecular flexibility index (Phi) is 4.71. The van der Waals surface area contributed by atoms with Gasteiger partial charge in [0.1, 0.15) is 5.54 Å². The Morgan fingerprint density at radius 1 is 1.16 bits per heavy atom. The molecule has 0 atom stereocenters. The Morgan fingerprint density at radius 2 is 1.68 bits per heavy atom. The van der Waals surface area contributed by atoms with Crippen LogP contribution in [0.4, 0.5) is 0 Å². The molecule has 0 aromatic heterocycles. The van der Waals surface area contributed by atoms with Gasteiger partial charge in [0.25, 0.3) is 0 Å². The van der Waals surface area contributed by atoms with Crippen molar-refractivity contribution in [2.75, 3.05) is 0 Å². The monoisotopic (exact) mass is 264 g/mol. The van der Waals surface area contributed by atoms with Gasteiger partial charge < -0.3 is 10.5 Å². The summed E-state index contributed by atoms with van der Waals surface area (Å²) in [5.41, 5.74) is -0.341. The first-order valence-corrected chi connectivity index (χ1v) is 6.46. The fourth-order valence-corrected chi connectivity index (χ4v) is 1.56. The smallest absolute Gasteiger partial charge is 0.242 e. The Balaban J connectivity index is 2.73. The van der Waals surface area contributed by atoms with Crippen LogP contribution in [0, 0.1) is 0 Å². The molecule has 1 aromatic rings. The summed E-state index contributed by atoms with van der Waals surface area (Å²) in [5.74, 6) is -0.196. The average molecular weight is 264 g/mol. The van der Waals surface area contributed by atoms with Crippen LogP contribution in [0.5, 0.6) is 0 Å². The van der Waals surface area contributed by atoms with E-state index in [-0.39, 0.29) is 11.4 Å². The molecule has 0 unspecified atom stereocenters. The minimum absolute atomic E-state index is 0.196. The number of nitrogens with zero attached hydrogens (tertiary/aromatic N) is 1. The largest absolute Gasteiger partial charge is 0.350 e. The predicted octanol–water partition coefficient (Wildman–Crippen LogP) is 2.57. The standard InChI is InChI=1S/C15H24N2O2/c1-14(2,3)16-13(18)15(4,5)17(19)11-12-9-7-6-8-10-12/h6-10,19H,11H2,1-5H3,(H,16,18). The van der Waals surface area contributed by atoms with Crippen LogP contribution in [0.1, 0.15) is 40.2 Å². The van der Waals surface area contributed by atoms with E-state index in [2.05, 4.69) is 5.32 Å². The van der Waals surface area contributed by atoms with E-state index in [9.17, 15) is 10.0 Å². The minimum atomic E-state index is -0.983. The van der Waals surface area contributed by atoms with E-state index in [1.165, 1.54) is 0 Å². The maximum atomic E-state index is 12.2. The number of carbonyl (C=O) groups is 1. The molecule has 1 aromatic carbocycles. The third-order valence-electron chi connectivity index (χ3n) is 2.86. The van der Waals surface area contributed by atoms with Crippen molar-refractivity contribution in [3.8, 4) is 0 Å². The Morgan fingerprint density at radius 3 is 2.16 bits per heavy atom. The van der Waals surface area contributed by atoms with E-state index in [4.69, 9.17) is 0 Å². The van der Waals surface area contributed by atoms with Crippen LogP contribution < -0.4 is 5.32 Å². The number of hydroxylamine groups is 2. The second-order valence-corrected chi connectivity index (χ2v) is 6.31. The molecule has 106 valence electrons. The number of carbonyl (C=O) groups excluding carboxylic acids is 1. The number of rotatable bonds is 4. The van der Waals surface area contributed by atoms with Crippen molar-refractivity contribution in [2.24, 2.45) is 0 Å². The lowest BCUT2D eigenvalue weighted by Gasteiger charge is -2.35. The lowest BCUT2D eigenvalue weighted by atomic mass is 10.00. The lowest BCUT2D eigenvalue weighted by molar-refractivity contribution is -0.182. The van der Waals surface area contributed by atoms with Gasteiger partial charge in [0.15, 0.2) is 0 Å². The van der Waals surface area contributed by atoms with Gasteiger partial charge in [-0.15, -0.1) is 0 Å². The van der Waals surface area contributed by atoms with Gasteiger partial charge in [-0.1, -0.05) is 30.3 Å². The maximum Gasteiger partial charge on any atom is 0.242 e. The summed E-state index contributed by atoms with van der Waals surface area (Å²) in [7, 11) is 0. The fourth-order valence-electron chi connectivity index (χ4n) is 1.56. The number of nitrogens with one attached hydrogen (secondary N) is 1. The zero-order valence-corrected chi connectivity index (χ0v) is 12.4. The van der Waals surface area contributed by atoms with E-state index >= 15 is 0 Å². The summed E-state index contributed by atoms with van der Waals surface area (Å²) in [5, 5.41) is 14.1. The van der Waals surface area contributed by atoms with Crippen LogP contribution in [0.15, 0.2) is 30.3 Å². The number of benzene rings is 1. The fraction of sp³-hybridized carbons (Fsp3) is 0.533. The molecule has 1 rings (SSSR count). The van der Waals surface area contributed by atoms with Crippen molar-refractivity contribution < 1.29 is 10.0 Å². The third kappa shape index (κ3) is 4.65. The molecule has 4 nitrogen and oxygen atoms in total. The zero-order valence-electron chi connectivity index (χ0n) is 12.4. The molecule has 0 fully saturated rings. The summed E-state index contributed by atoms with van der Waals surface area (Å²) in [4.78, 5) is 12.2. The SMILES string of the molecule is CC(C)(C)NC(=O)C(C)(C)N(O)Cc1ccccc1. The maximum absolute atomic E-state index is 12.2. The highest BCUT2D eigenvalue weighted by molar-refractivity contribution is 5.85. The highest BCUT2D eigenvalue weighted by Crippen LogP contribution is 2.17. The molecule has 0 bridgehead atoms. The highest BCUT2D eigenvalue weighted by Gasteiger charge is 2.35. The predicted molar refractivity (Wildman–Crippen MR) is 75.7 cm³/mol. The average Bonchev–Trinajstić information content (AvgIpc) is 2.27. The number of hydrogen-bond acceptors (Lipinski definition) is 3. The van der Waals surface area contributed by atoms with E-state index in [1.807, 2.05) is 51.1 Å². The van der Waals surface area contributed by atoms with Gasteiger partial charge in [-0.25, -0.2) is 0 Å². The molecule has 2 N–H and O–H groups in total. The summed E-state index contributed by atoms with van der Waals surface area (Å²) in [6.07, 6.45) is 0. The van der Waals surface area contributed by atoms with Gasteiger partial charge >= 0.3 is 0 Å². The van der Waals surface area contributed by atoms with Crippen molar-refractivity contribution in [2.45, 2.75) is 52.2 Å². The number of hydrogen-bond donors (Lipinski definition) is 2. The summed E-state index contributed by atoms with van der Waals surface area (Å²) >= 11 is 0.